The van der Waals surface area contributed by atoms with E-state index in [0.717, 1.165) is 56.5 Å². The van der Waals surface area contributed by atoms with E-state index in [2.05, 4.69) is 40.9 Å². The fraction of sp³-hybridized carbons (Fsp3) is 0.107. The average molecular weight is 415 g/mol. The summed E-state index contributed by atoms with van der Waals surface area (Å²) in [7, 11) is 0. The number of hydrogen-bond acceptors (Lipinski definition) is 3. The fourth-order valence-electron chi connectivity index (χ4n) is 4.38. The number of benzene rings is 4. The zero-order chi connectivity index (χ0) is 21.5. The summed E-state index contributed by atoms with van der Waals surface area (Å²) in [5.41, 5.74) is 6.23. The van der Waals surface area contributed by atoms with Crippen LogP contribution in [0.4, 0.5) is 0 Å². The quantitative estimate of drug-likeness (QED) is 0.216. The van der Waals surface area contributed by atoms with Gasteiger partial charge in [-0.3, -0.25) is 9.78 Å². The second kappa shape index (κ2) is 7.57. The Bertz CT molecular complexity index is 1480. The van der Waals surface area contributed by atoms with E-state index in [0.29, 0.717) is 11.5 Å². The molecule has 1 fully saturated rings. The highest BCUT2D eigenvalue weighted by Crippen LogP contribution is 2.40. The first-order valence-corrected chi connectivity index (χ1v) is 10.9. The van der Waals surface area contributed by atoms with Gasteiger partial charge in [-0.1, -0.05) is 66.7 Å². The van der Waals surface area contributed by atoms with E-state index in [4.69, 9.17) is 4.98 Å². The number of carbonyl (C=O) groups is 1. The molecule has 1 aliphatic rings. The van der Waals surface area contributed by atoms with Crippen LogP contribution >= 0.6 is 0 Å². The maximum atomic E-state index is 13.1. The van der Waals surface area contributed by atoms with Gasteiger partial charge < -0.3 is 0 Å². The lowest BCUT2D eigenvalue weighted by Crippen LogP contribution is -2.18. The molecule has 1 saturated carbocycles. The number of hydrogen-bond donors (Lipinski definition) is 1. The van der Waals surface area contributed by atoms with Gasteiger partial charge in [0, 0.05) is 22.6 Å². The Labute approximate surface area is 185 Å². The van der Waals surface area contributed by atoms with Crippen molar-refractivity contribution in [2.45, 2.75) is 18.8 Å². The maximum absolute atomic E-state index is 13.1. The molecule has 0 saturated heterocycles. The molecule has 1 aromatic heterocycles. The zero-order valence-corrected chi connectivity index (χ0v) is 17.5. The summed E-state index contributed by atoms with van der Waals surface area (Å²) < 4.78 is 0. The molecule has 6 rings (SSSR count). The highest BCUT2D eigenvalue weighted by atomic mass is 16.2. The van der Waals surface area contributed by atoms with Crippen molar-refractivity contribution < 1.29 is 4.79 Å². The first kappa shape index (κ1) is 18.7. The van der Waals surface area contributed by atoms with Crippen molar-refractivity contribution in [2.24, 2.45) is 5.10 Å². The third kappa shape index (κ3) is 3.30. The molecule has 0 unspecified atom stereocenters. The number of nitrogens with one attached hydrogen (secondary N) is 1. The molecule has 1 N–H and O–H groups in total. The number of nitrogens with zero attached hydrogens (tertiary/aromatic N) is 2. The van der Waals surface area contributed by atoms with Gasteiger partial charge in [-0.25, -0.2) is 5.43 Å². The lowest BCUT2D eigenvalue weighted by Gasteiger charge is -2.09. The molecule has 4 nitrogen and oxygen atoms in total. The Morgan fingerprint density at radius 2 is 1.47 bits per heavy atom. The van der Waals surface area contributed by atoms with Gasteiger partial charge in [-0.15, -0.1) is 0 Å². The lowest BCUT2D eigenvalue weighted by molar-refractivity contribution is 0.0956. The molecule has 0 aliphatic heterocycles. The van der Waals surface area contributed by atoms with Crippen molar-refractivity contribution in [1.29, 1.82) is 0 Å². The van der Waals surface area contributed by atoms with E-state index in [-0.39, 0.29) is 5.91 Å². The first-order chi connectivity index (χ1) is 15.8. The monoisotopic (exact) mass is 415 g/mol. The Kier molecular flexibility index (Phi) is 4.43. The number of fused-ring (bicyclic) bond motifs is 3. The van der Waals surface area contributed by atoms with Gasteiger partial charge in [0.25, 0.3) is 5.91 Å². The molecule has 0 bridgehead atoms. The molecule has 4 aromatic carbocycles. The minimum absolute atomic E-state index is 0.216. The van der Waals surface area contributed by atoms with E-state index in [9.17, 15) is 4.79 Å². The minimum Gasteiger partial charge on any atom is -0.267 e. The lowest BCUT2D eigenvalue weighted by atomic mass is 9.97. The predicted molar refractivity (Wildman–Crippen MR) is 130 cm³/mol. The van der Waals surface area contributed by atoms with Crippen LogP contribution in [0.2, 0.25) is 0 Å². The van der Waals surface area contributed by atoms with Crippen molar-refractivity contribution >= 4 is 44.6 Å². The Balaban J connectivity index is 1.38. The van der Waals surface area contributed by atoms with Crippen LogP contribution in [-0.2, 0) is 0 Å². The molecule has 1 heterocycles. The smallest absolute Gasteiger partial charge is 0.267 e. The Morgan fingerprint density at radius 1 is 0.844 bits per heavy atom. The summed E-state index contributed by atoms with van der Waals surface area (Å²) in [5.74, 6) is 0.253. The standard InChI is InChI=1S/C28H21N3O/c32-28(24-16-27(18-13-14-18)30-26-12-6-5-11-23(24)26)31-29-17-25-21-9-3-1-7-19(21)15-20-8-2-4-10-22(20)25/h1-12,15-18H,13-14H2,(H,31,32). The van der Waals surface area contributed by atoms with E-state index in [1.807, 2.05) is 54.6 Å². The molecule has 4 heteroatoms. The van der Waals surface area contributed by atoms with Crippen molar-refractivity contribution in [2.75, 3.05) is 0 Å². The van der Waals surface area contributed by atoms with Crippen molar-refractivity contribution in [3.8, 4) is 0 Å². The van der Waals surface area contributed by atoms with Crippen LogP contribution in [-0.4, -0.2) is 17.1 Å². The molecule has 32 heavy (non-hydrogen) atoms. The van der Waals surface area contributed by atoms with E-state index >= 15 is 0 Å². The number of hydrazone groups is 1. The Hall–Kier alpha value is -4.05. The van der Waals surface area contributed by atoms with Crippen LogP contribution in [0.1, 0.15) is 40.4 Å². The molecule has 1 amide bonds. The first-order valence-electron chi connectivity index (χ1n) is 10.9. The normalized spacial score (nSPS) is 13.9. The van der Waals surface area contributed by atoms with Crippen molar-refractivity contribution in [3.63, 3.8) is 0 Å². The largest absolute Gasteiger partial charge is 0.272 e. The average Bonchev–Trinajstić information content (AvgIpc) is 3.68. The number of aromatic nitrogens is 1. The van der Waals surface area contributed by atoms with Crippen molar-refractivity contribution in [1.82, 2.24) is 10.4 Å². The SMILES string of the molecule is O=C(NN=Cc1c2ccccc2cc2ccccc12)c1cc(C2CC2)nc2ccccc12. The summed E-state index contributed by atoms with van der Waals surface area (Å²) in [6.07, 6.45) is 4.03. The second-order valence-corrected chi connectivity index (χ2v) is 8.32. The fourth-order valence-corrected chi connectivity index (χ4v) is 4.38. The van der Waals surface area contributed by atoms with Gasteiger partial charge in [-0.05, 0) is 52.6 Å². The molecule has 154 valence electrons. The molecule has 5 aromatic rings. The summed E-state index contributed by atoms with van der Waals surface area (Å²) in [6.45, 7) is 0. The topological polar surface area (TPSA) is 54.4 Å². The van der Waals surface area contributed by atoms with Crippen LogP contribution in [0.25, 0.3) is 32.4 Å². The summed E-state index contributed by atoms with van der Waals surface area (Å²) in [6, 6.07) is 28.4. The molecular weight excluding hydrogens is 394 g/mol. The minimum atomic E-state index is -0.216. The molecule has 0 spiro atoms. The second-order valence-electron chi connectivity index (χ2n) is 8.32. The summed E-state index contributed by atoms with van der Waals surface area (Å²) in [4.78, 5) is 17.9. The van der Waals surface area contributed by atoms with E-state index in [1.165, 1.54) is 0 Å². The van der Waals surface area contributed by atoms with Gasteiger partial charge >= 0.3 is 0 Å². The number of pyridine rings is 1. The number of carbonyl (C=O) groups excluding carboxylic acids is 1. The predicted octanol–water partition coefficient (Wildman–Crippen LogP) is 6.18. The van der Waals surface area contributed by atoms with Gasteiger partial charge in [-0.2, -0.15) is 5.10 Å². The van der Waals surface area contributed by atoms with E-state index in [1.54, 1.807) is 6.21 Å². The number of para-hydroxylation sites is 1. The van der Waals surface area contributed by atoms with E-state index < -0.39 is 0 Å². The number of rotatable bonds is 4. The summed E-state index contributed by atoms with van der Waals surface area (Å²) >= 11 is 0. The molecule has 1 aliphatic carbocycles. The van der Waals surface area contributed by atoms with Gasteiger partial charge in [0.1, 0.15) is 0 Å². The van der Waals surface area contributed by atoms with Crippen molar-refractivity contribution in [3.05, 3.63) is 102 Å². The van der Waals surface area contributed by atoms with Gasteiger partial charge in [0.15, 0.2) is 0 Å². The van der Waals surface area contributed by atoms with Crippen LogP contribution < -0.4 is 5.43 Å². The highest BCUT2D eigenvalue weighted by Gasteiger charge is 2.26. The third-order valence-electron chi connectivity index (χ3n) is 6.15. The zero-order valence-electron chi connectivity index (χ0n) is 17.5. The molecule has 0 atom stereocenters. The number of amides is 1. The van der Waals surface area contributed by atoms with Gasteiger partial charge in [0.05, 0.1) is 17.3 Å². The van der Waals surface area contributed by atoms with Gasteiger partial charge in [0.2, 0.25) is 0 Å². The highest BCUT2D eigenvalue weighted by molar-refractivity contribution is 6.13. The van der Waals surface area contributed by atoms with Crippen LogP contribution in [0.5, 0.6) is 0 Å². The van der Waals surface area contributed by atoms with Crippen LogP contribution in [0.3, 0.4) is 0 Å². The third-order valence-corrected chi connectivity index (χ3v) is 6.15. The van der Waals surface area contributed by atoms with Crippen LogP contribution in [0, 0.1) is 0 Å². The molecule has 0 radical (unpaired) electrons. The summed E-state index contributed by atoms with van der Waals surface area (Å²) in [5, 5.41) is 9.72. The van der Waals surface area contributed by atoms with Crippen LogP contribution in [0.15, 0.2) is 90.0 Å². The maximum Gasteiger partial charge on any atom is 0.272 e. The Morgan fingerprint density at radius 3 is 2.16 bits per heavy atom. The molecular formula is C28H21N3O.